The van der Waals surface area contributed by atoms with Crippen LogP contribution in [0.2, 0.25) is 0 Å². The van der Waals surface area contributed by atoms with Gasteiger partial charge in [0, 0.05) is 22.5 Å². The van der Waals surface area contributed by atoms with Crippen molar-refractivity contribution in [3.05, 3.63) is 270 Å². The number of fused-ring (bicyclic) bond motifs is 13. The predicted molar refractivity (Wildman–Crippen MR) is 271 cm³/mol. The Hall–Kier alpha value is -8.00. The minimum absolute atomic E-state index is 0.239. The van der Waals surface area contributed by atoms with Crippen molar-refractivity contribution < 1.29 is 0 Å². The average molecular weight is 828 g/mol. The zero-order valence-electron chi connectivity index (χ0n) is 36.5. The third-order valence-electron chi connectivity index (χ3n) is 14.7. The summed E-state index contributed by atoms with van der Waals surface area (Å²) in [6, 6.07) is 88.0. The van der Waals surface area contributed by atoms with Gasteiger partial charge in [-0.05, 0) is 143 Å². The fraction of sp³-hybridized carbons (Fsp3) is 0.0625. The third kappa shape index (κ3) is 5.46. The summed E-state index contributed by atoms with van der Waals surface area (Å²) in [5.41, 5.74) is 26.3. The molecule has 0 aromatic heterocycles. The Balaban J connectivity index is 0.922. The molecule has 13 rings (SSSR count). The Kier molecular flexibility index (Phi) is 8.24. The molecular weight excluding hydrogens is 783 g/mol. The summed E-state index contributed by atoms with van der Waals surface area (Å²) in [4.78, 5) is 2.41. The molecule has 306 valence electrons. The molecule has 0 heterocycles. The van der Waals surface area contributed by atoms with Crippen LogP contribution in [-0.4, -0.2) is 0 Å². The highest BCUT2D eigenvalue weighted by atomic mass is 15.1. The van der Waals surface area contributed by atoms with Crippen LogP contribution in [0.3, 0.4) is 0 Å². The summed E-state index contributed by atoms with van der Waals surface area (Å²) in [6.07, 6.45) is 0. The maximum atomic E-state index is 2.50. The van der Waals surface area contributed by atoms with Gasteiger partial charge in [0.05, 0.1) is 5.41 Å². The van der Waals surface area contributed by atoms with Crippen LogP contribution in [-0.2, 0) is 10.8 Å². The van der Waals surface area contributed by atoms with Gasteiger partial charge in [0.1, 0.15) is 0 Å². The highest BCUT2D eigenvalue weighted by molar-refractivity contribution is 6.00. The van der Waals surface area contributed by atoms with E-state index in [2.05, 4.69) is 255 Å². The average Bonchev–Trinajstić information content (AvgIpc) is 3.93. The lowest BCUT2D eigenvalue weighted by molar-refractivity contribution is 0.660. The van der Waals surface area contributed by atoms with E-state index in [1.807, 2.05) is 0 Å². The number of rotatable bonds is 6. The Morgan fingerprint density at radius 2 is 0.646 bits per heavy atom. The lowest BCUT2D eigenvalue weighted by atomic mass is 9.70. The van der Waals surface area contributed by atoms with Crippen LogP contribution in [0.1, 0.15) is 47.2 Å². The zero-order valence-corrected chi connectivity index (χ0v) is 36.5. The van der Waals surface area contributed by atoms with Crippen molar-refractivity contribution in [2.75, 3.05) is 4.90 Å². The van der Waals surface area contributed by atoms with Crippen molar-refractivity contribution in [3.8, 4) is 66.8 Å². The maximum absolute atomic E-state index is 2.50. The minimum atomic E-state index is -0.368. The van der Waals surface area contributed by atoms with Crippen LogP contribution in [0.25, 0.3) is 66.8 Å². The van der Waals surface area contributed by atoms with Crippen molar-refractivity contribution in [1.82, 2.24) is 0 Å². The van der Waals surface area contributed by atoms with Crippen LogP contribution >= 0.6 is 0 Å². The van der Waals surface area contributed by atoms with Crippen LogP contribution in [0.4, 0.5) is 17.1 Å². The summed E-state index contributed by atoms with van der Waals surface area (Å²) >= 11 is 0. The monoisotopic (exact) mass is 827 g/mol. The molecule has 1 spiro atoms. The molecule has 0 fully saturated rings. The first-order valence-corrected chi connectivity index (χ1v) is 22.8. The third-order valence-corrected chi connectivity index (χ3v) is 14.7. The van der Waals surface area contributed by atoms with Crippen LogP contribution in [0.5, 0.6) is 0 Å². The summed E-state index contributed by atoms with van der Waals surface area (Å²) < 4.78 is 0. The van der Waals surface area contributed by atoms with E-state index in [-0.39, 0.29) is 10.8 Å². The van der Waals surface area contributed by atoms with E-state index in [0.29, 0.717) is 0 Å². The smallest absolute Gasteiger partial charge is 0.0725 e. The molecule has 0 radical (unpaired) electrons. The Labute approximate surface area is 381 Å². The first-order chi connectivity index (χ1) is 32.0. The molecule has 0 saturated carbocycles. The van der Waals surface area contributed by atoms with Crippen LogP contribution < -0.4 is 4.90 Å². The second-order valence-electron chi connectivity index (χ2n) is 18.4. The Morgan fingerprint density at radius 1 is 0.262 bits per heavy atom. The molecule has 0 aliphatic heterocycles. The Bertz CT molecular complexity index is 3360. The fourth-order valence-corrected chi connectivity index (χ4v) is 11.7. The number of hydrogen-bond acceptors (Lipinski definition) is 1. The summed E-state index contributed by atoms with van der Waals surface area (Å²) in [6.45, 7) is 4.82. The van der Waals surface area contributed by atoms with Gasteiger partial charge in [-0.3, -0.25) is 0 Å². The van der Waals surface area contributed by atoms with Crippen LogP contribution in [0, 0.1) is 0 Å². The molecule has 0 unspecified atom stereocenters. The van der Waals surface area contributed by atoms with E-state index in [4.69, 9.17) is 0 Å². The van der Waals surface area contributed by atoms with Gasteiger partial charge in [-0.1, -0.05) is 208 Å². The second-order valence-corrected chi connectivity index (χ2v) is 18.4. The van der Waals surface area contributed by atoms with E-state index in [1.165, 1.54) is 100 Å². The maximum Gasteiger partial charge on any atom is 0.0725 e. The van der Waals surface area contributed by atoms with Gasteiger partial charge in [0.25, 0.3) is 0 Å². The summed E-state index contributed by atoms with van der Waals surface area (Å²) in [7, 11) is 0. The van der Waals surface area contributed by atoms with E-state index < -0.39 is 0 Å². The standard InChI is InChI=1S/C64H45N/c1-63(2)60-40-46(50-23-15-27-59-62(50)55-22-11-14-26-58(55)64(59)56-24-12-9-20-51(56)52-21-10-13-25-57(52)64)32-38-53(60)54-39-37-49(41-61(54)63)65(47-33-28-44(29-34-47)42-16-5-3-6-17-42)48-35-30-45(31-36-48)43-18-7-4-8-19-43/h3-41H,1-2H3. The molecule has 10 aromatic carbocycles. The number of hydrogen-bond donors (Lipinski definition) is 0. The quantitative estimate of drug-likeness (QED) is 0.161. The van der Waals surface area contributed by atoms with Gasteiger partial charge in [-0.2, -0.15) is 0 Å². The molecule has 0 atom stereocenters. The predicted octanol–water partition coefficient (Wildman–Crippen LogP) is 16.8. The minimum Gasteiger partial charge on any atom is -0.310 e. The molecule has 1 nitrogen and oxygen atoms in total. The van der Waals surface area contributed by atoms with Gasteiger partial charge in [0.2, 0.25) is 0 Å². The molecule has 3 aliphatic rings. The van der Waals surface area contributed by atoms with E-state index in [9.17, 15) is 0 Å². The highest BCUT2D eigenvalue weighted by Gasteiger charge is 2.52. The molecule has 3 aliphatic carbocycles. The normalized spacial score (nSPS) is 13.9. The molecule has 0 N–H and O–H groups in total. The molecule has 0 bridgehead atoms. The van der Waals surface area contributed by atoms with Gasteiger partial charge in [-0.25, -0.2) is 0 Å². The summed E-state index contributed by atoms with van der Waals surface area (Å²) in [5, 5.41) is 0. The molecular formula is C64H45N. The molecule has 10 aromatic rings. The summed E-state index contributed by atoms with van der Waals surface area (Å²) in [5.74, 6) is 0. The number of nitrogens with zero attached hydrogens (tertiary/aromatic N) is 1. The van der Waals surface area contributed by atoms with Gasteiger partial charge in [0.15, 0.2) is 0 Å². The van der Waals surface area contributed by atoms with E-state index in [0.717, 1.165) is 17.1 Å². The van der Waals surface area contributed by atoms with Crippen LogP contribution in [0.15, 0.2) is 237 Å². The van der Waals surface area contributed by atoms with Crippen molar-refractivity contribution in [2.45, 2.75) is 24.7 Å². The topological polar surface area (TPSA) is 3.24 Å². The first kappa shape index (κ1) is 37.5. The van der Waals surface area contributed by atoms with Crippen molar-refractivity contribution in [2.24, 2.45) is 0 Å². The number of benzene rings is 10. The lowest BCUT2D eigenvalue weighted by Gasteiger charge is -2.30. The van der Waals surface area contributed by atoms with Gasteiger partial charge in [-0.15, -0.1) is 0 Å². The Morgan fingerprint density at radius 3 is 1.22 bits per heavy atom. The number of anilines is 3. The van der Waals surface area contributed by atoms with E-state index in [1.54, 1.807) is 0 Å². The van der Waals surface area contributed by atoms with Crippen molar-refractivity contribution in [1.29, 1.82) is 0 Å². The SMILES string of the molecule is CC1(C)c2cc(-c3cccc4c3-c3ccccc3C43c4ccccc4-c4ccccc43)ccc2-c2ccc(N(c3ccc(-c4ccccc4)cc3)c3ccc(-c4ccccc4)cc3)cc21. The molecule has 1 heteroatoms. The fourth-order valence-electron chi connectivity index (χ4n) is 11.7. The highest BCUT2D eigenvalue weighted by Crippen LogP contribution is 2.64. The van der Waals surface area contributed by atoms with Gasteiger partial charge >= 0.3 is 0 Å². The lowest BCUT2D eigenvalue weighted by Crippen LogP contribution is -2.25. The van der Waals surface area contributed by atoms with E-state index >= 15 is 0 Å². The van der Waals surface area contributed by atoms with Gasteiger partial charge < -0.3 is 4.90 Å². The molecule has 0 amide bonds. The first-order valence-electron chi connectivity index (χ1n) is 22.8. The zero-order chi connectivity index (χ0) is 43.3. The second kappa shape index (κ2) is 14.3. The van der Waals surface area contributed by atoms with Crippen molar-refractivity contribution in [3.63, 3.8) is 0 Å². The van der Waals surface area contributed by atoms with Crippen molar-refractivity contribution >= 4 is 17.1 Å². The molecule has 0 saturated heterocycles. The largest absolute Gasteiger partial charge is 0.310 e. The molecule has 65 heavy (non-hydrogen) atoms.